The zero-order chi connectivity index (χ0) is 15.4. The molecule has 0 aliphatic carbocycles. The molecule has 1 aliphatic rings. The standard InChI is InChI=1S/C17H16N2O2S/c20-16(10-9-15-3-2-12-22-15)18-13-5-7-14(8-6-13)19-11-1-4-17(19)21/h2-3,5-10,12H,1,4,11H2,(H,18,20)/b10-9+. The van der Waals surface area contributed by atoms with E-state index in [1.165, 1.54) is 6.08 Å². The lowest BCUT2D eigenvalue weighted by atomic mass is 10.2. The summed E-state index contributed by atoms with van der Waals surface area (Å²) in [5.74, 6) is -0.00549. The maximum Gasteiger partial charge on any atom is 0.248 e. The molecule has 1 aromatic carbocycles. The Balaban J connectivity index is 1.61. The van der Waals surface area contributed by atoms with E-state index in [9.17, 15) is 9.59 Å². The van der Waals surface area contributed by atoms with Crippen molar-refractivity contribution < 1.29 is 9.59 Å². The second-order valence-corrected chi connectivity index (χ2v) is 6.01. The normalized spacial score (nSPS) is 14.7. The molecule has 0 radical (unpaired) electrons. The molecule has 2 aromatic rings. The monoisotopic (exact) mass is 312 g/mol. The minimum absolute atomic E-state index is 0.163. The summed E-state index contributed by atoms with van der Waals surface area (Å²) in [6.45, 7) is 0.772. The van der Waals surface area contributed by atoms with Gasteiger partial charge in [-0.2, -0.15) is 0 Å². The van der Waals surface area contributed by atoms with Crippen molar-refractivity contribution in [1.82, 2.24) is 0 Å². The third-order valence-corrected chi connectivity index (χ3v) is 4.30. The molecular weight excluding hydrogens is 296 g/mol. The molecular formula is C17H16N2O2S. The van der Waals surface area contributed by atoms with Crippen LogP contribution < -0.4 is 10.2 Å². The van der Waals surface area contributed by atoms with Crippen LogP contribution >= 0.6 is 11.3 Å². The lowest BCUT2D eigenvalue weighted by Crippen LogP contribution is -2.23. The molecule has 1 saturated heterocycles. The molecule has 5 heteroatoms. The maximum atomic E-state index is 11.8. The third-order valence-electron chi connectivity index (χ3n) is 3.46. The Bertz CT molecular complexity index is 690. The van der Waals surface area contributed by atoms with Crippen LogP contribution in [0.1, 0.15) is 17.7 Å². The predicted octanol–water partition coefficient (Wildman–Crippen LogP) is 3.53. The highest BCUT2D eigenvalue weighted by molar-refractivity contribution is 7.10. The molecule has 2 amide bonds. The Hall–Kier alpha value is -2.40. The SMILES string of the molecule is O=C(/C=C/c1cccs1)Nc1ccc(N2CCCC2=O)cc1. The zero-order valence-electron chi connectivity index (χ0n) is 12.0. The van der Waals surface area contributed by atoms with Gasteiger partial charge in [0.15, 0.2) is 0 Å². The van der Waals surface area contributed by atoms with E-state index in [4.69, 9.17) is 0 Å². The van der Waals surface area contributed by atoms with Crippen molar-refractivity contribution in [3.05, 3.63) is 52.7 Å². The summed E-state index contributed by atoms with van der Waals surface area (Å²) in [6.07, 6.45) is 4.83. The molecule has 3 rings (SSSR count). The highest BCUT2D eigenvalue weighted by Gasteiger charge is 2.21. The predicted molar refractivity (Wildman–Crippen MR) is 90.0 cm³/mol. The third kappa shape index (κ3) is 3.43. The molecule has 22 heavy (non-hydrogen) atoms. The first-order valence-electron chi connectivity index (χ1n) is 7.15. The van der Waals surface area contributed by atoms with Gasteiger partial charge in [0, 0.05) is 35.3 Å². The number of benzene rings is 1. The van der Waals surface area contributed by atoms with Crippen molar-refractivity contribution in [2.75, 3.05) is 16.8 Å². The molecule has 0 saturated carbocycles. The van der Waals surface area contributed by atoms with Gasteiger partial charge in [0.05, 0.1) is 0 Å². The maximum absolute atomic E-state index is 11.8. The summed E-state index contributed by atoms with van der Waals surface area (Å²) in [7, 11) is 0. The molecule has 2 heterocycles. The summed E-state index contributed by atoms with van der Waals surface area (Å²) >= 11 is 1.58. The van der Waals surface area contributed by atoms with Gasteiger partial charge in [-0.25, -0.2) is 0 Å². The Kier molecular flexibility index (Phi) is 4.34. The van der Waals surface area contributed by atoms with Gasteiger partial charge in [0.1, 0.15) is 0 Å². The number of anilines is 2. The highest BCUT2D eigenvalue weighted by atomic mass is 32.1. The van der Waals surface area contributed by atoms with Gasteiger partial charge in [0.2, 0.25) is 11.8 Å². The lowest BCUT2D eigenvalue weighted by molar-refractivity contribution is -0.117. The molecule has 1 N–H and O–H groups in total. The smallest absolute Gasteiger partial charge is 0.248 e. The van der Waals surface area contributed by atoms with E-state index in [2.05, 4.69) is 5.32 Å². The van der Waals surface area contributed by atoms with Gasteiger partial charge >= 0.3 is 0 Å². The van der Waals surface area contributed by atoms with Gasteiger partial charge < -0.3 is 10.2 Å². The van der Waals surface area contributed by atoms with Crippen molar-refractivity contribution >= 4 is 40.6 Å². The Morgan fingerprint density at radius 2 is 2.05 bits per heavy atom. The molecule has 0 unspecified atom stereocenters. The van der Waals surface area contributed by atoms with Crippen LogP contribution in [-0.2, 0) is 9.59 Å². The lowest BCUT2D eigenvalue weighted by Gasteiger charge is -2.15. The average molecular weight is 312 g/mol. The second kappa shape index (κ2) is 6.58. The molecule has 1 fully saturated rings. The number of nitrogens with zero attached hydrogens (tertiary/aromatic N) is 1. The molecule has 4 nitrogen and oxygen atoms in total. The van der Waals surface area contributed by atoms with Crippen LogP contribution in [0.5, 0.6) is 0 Å². The van der Waals surface area contributed by atoms with Crippen molar-refractivity contribution in [1.29, 1.82) is 0 Å². The summed E-state index contributed by atoms with van der Waals surface area (Å²) in [4.78, 5) is 26.3. The summed E-state index contributed by atoms with van der Waals surface area (Å²) in [5, 5.41) is 4.78. The molecule has 1 aliphatic heterocycles. The highest BCUT2D eigenvalue weighted by Crippen LogP contribution is 2.23. The number of hydrogen-bond donors (Lipinski definition) is 1. The first kappa shape index (κ1) is 14.5. The minimum Gasteiger partial charge on any atom is -0.323 e. The van der Waals surface area contributed by atoms with Crippen LogP contribution in [0, 0.1) is 0 Å². The Morgan fingerprint density at radius 3 is 2.68 bits per heavy atom. The van der Waals surface area contributed by atoms with Crippen molar-refractivity contribution in [2.24, 2.45) is 0 Å². The minimum atomic E-state index is -0.168. The van der Waals surface area contributed by atoms with Gasteiger partial charge in [-0.3, -0.25) is 9.59 Å². The van der Waals surface area contributed by atoms with Crippen LogP contribution in [0.25, 0.3) is 6.08 Å². The quantitative estimate of drug-likeness (QED) is 0.878. The number of amides is 2. The van der Waals surface area contributed by atoms with Crippen LogP contribution in [0.4, 0.5) is 11.4 Å². The van der Waals surface area contributed by atoms with Gasteiger partial charge in [0.25, 0.3) is 0 Å². The van der Waals surface area contributed by atoms with E-state index < -0.39 is 0 Å². The Labute approximate surface area is 133 Å². The van der Waals surface area contributed by atoms with Crippen LogP contribution in [-0.4, -0.2) is 18.4 Å². The largest absolute Gasteiger partial charge is 0.323 e. The molecule has 1 aromatic heterocycles. The zero-order valence-corrected chi connectivity index (χ0v) is 12.8. The van der Waals surface area contributed by atoms with Crippen molar-refractivity contribution in [3.8, 4) is 0 Å². The average Bonchev–Trinajstić information content (AvgIpc) is 3.17. The topological polar surface area (TPSA) is 49.4 Å². The fourth-order valence-corrected chi connectivity index (χ4v) is 2.99. The number of thiophene rings is 1. The number of carbonyl (C=O) groups excluding carboxylic acids is 2. The van der Waals surface area contributed by atoms with E-state index in [0.717, 1.165) is 29.2 Å². The van der Waals surface area contributed by atoms with Crippen molar-refractivity contribution in [3.63, 3.8) is 0 Å². The van der Waals surface area contributed by atoms with E-state index >= 15 is 0 Å². The number of rotatable bonds is 4. The first-order valence-corrected chi connectivity index (χ1v) is 8.03. The van der Waals surface area contributed by atoms with E-state index in [0.29, 0.717) is 6.42 Å². The fourth-order valence-electron chi connectivity index (χ4n) is 2.37. The Morgan fingerprint density at radius 1 is 1.23 bits per heavy atom. The van der Waals surface area contributed by atoms with E-state index in [-0.39, 0.29) is 11.8 Å². The molecule has 112 valence electrons. The van der Waals surface area contributed by atoms with Gasteiger partial charge in [-0.05, 0) is 48.2 Å². The number of nitrogens with one attached hydrogen (secondary N) is 1. The van der Waals surface area contributed by atoms with Gasteiger partial charge in [-0.15, -0.1) is 11.3 Å². The van der Waals surface area contributed by atoms with Crippen LogP contribution in [0.3, 0.4) is 0 Å². The molecule has 0 bridgehead atoms. The summed E-state index contributed by atoms with van der Waals surface area (Å²) in [5.41, 5.74) is 1.60. The number of hydrogen-bond acceptors (Lipinski definition) is 3. The fraction of sp³-hybridized carbons (Fsp3) is 0.176. The number of carbonyl (C=O) groups is 2. The molecule has 0 spiro atoms. The summed E-state index contributed by atoms with van der Waals surface area (Å²) in [6, 6.07) is 11.3. The van der Waals surface area contributed by atoms with E-state index in [1.54, 1.807) is 22.3 Å². The van der Waals surface area contributed by atoms with Crippen LogP contribution in [0.15, 0.2) is 47.9 Å². The van der Waals surface area contributed by atoms with Crippen molar-refractivity contribution in [2.45, 2.75) is 12.8 Å². The van der Waals surface area contributed by atoms with Crippen LogP contribution in [0.2, 0.25) is 0 Å². The second-order valence-electron chi connectivity index (χ2n) is 5.03. The van der Waals surface area contributed by atoms with Gasteiger partial charge in [-0.1, -0.05) is 6.07 Å². The van der Waals surface area contributed by atoms with E-state index in [1.807, 2.05) is 41.8 Å². The molecule has 0 atom stereocenters. The summed E-state index contributed by atoms with van der Waals surface area (Å²) < 4.78 is 0. The first-order chi connectivity index (χ1) is 10.7.